The molecular weight excluding hydrogens is 250 g/mol. The van der Waals surface area contributed by atoms with E-state index in [0.29, 0.717) is 5.69 Å². The van der Waals surface area contributed by atoms with Gasteiger partial charge in [0.2, 0.25) is 17.7 Å². The molecule has 7 nitrogen and oxygen atoms in total. The van der Waals surface area contributed by atoms with Crippen LogP contribution in [0.3, 0.4) is 0 Å². The number of amides is 3. The lowest BCUT2D eigenvalue weighted by molar-refractivity contribution is -0.137. The number of primary amides is 1. The van der Waals surface area contributed by atoms with Crippen LogP contribution in [0.1, 0.15) is 12.5 Å². The van der Waals surface area contributed by atoms with Gasteiger partial charge in [-0.3, -0.25) is 19.2 Å². The van der Waals surface area contributed by atoms with Gasteiger partial charge in [-0.15, -0.1) is 0 Å². The summed E-state index contributed by atoms with van der Waals surface area (Å²) in [5.74, 6) is -1.22. The highest BCUT2D eigenvalue weighted by Gasteiger charge is 2.04. The summed E-state index contributed by atoms with van der Waals surface area (Å²) in [4.78, 5) is 37.2. The second kappa shape index (κ2) is 7.12. The van der Waals surface area contributed by atoms with E-state index in [4.69, 9.17) is 5.73 Å². The fourth-order valence-corrected chi connectivity index (χ4v) is 1.32. The number of hydrogen-bond donors (Lipinski definition) is 3. The molecule has 19 heavy (non-hydrogen) atoms. The van der Waals surface area contributed by atoms with Crippen LogP contribution in [0.4, 0.5) is 5.69 Å². The number of benzene rings is 1. The highest BCUT2D eigenvalue weighted by Crippen LogP contribution is 2.09. The number of hydrogen-bond acceptors (Lipinski definition) is 4. The van der Waals surface area contributed by atoms with Crippen molar-refractivity contribution in [3.05, 3.63) is 29.8 Å². The molecule has 102 valence electrons. The highest BCUT2D eigenvalue weighted by molar-refractivity contribution is 5.88. The zero-order valence-corrected chi connectivity index (χ0v) is 10.4. The van der Waals surface area contributed by atoms with E-state index in [-0.39, 0.29) is 18.9 Å². The molecule has 1 rings (SSSR count). The first-order valence-electron chi connectivity index (χ1n) is 5.53. The van der Waals surface area contributed by atoms with Gasteiger partial charge in [0.05, 0.1) is 6.42 Å². The molecule has 0 aliphatic heterocycles. The van der Waals surface area contributed by atoms with Gasteiger partial charge in [0.15, 0.2) is 6.61 Å². The molecule has 7 heteroatoms. The standard InChI is InChI=1S/C12H15N3O4/c1-8(16)14-10-4-2-9(3-5-10)6-12(18)15-19-7-11(13)17/h2-5H,6-7H2,1H3,(H2,13,17)(H,14,16)(H,15,18). The Morgan fingerprint density at radius 3 is 2.37 bits per heavy atom. The van der Waals surface area contributed by atoms with Crippen molar-refractivity contribution in [1.82, 2.24) is 5.48 Å². The van der Waals surface area contributed by atoms with Gasteiger partial charge in [0.1, 0.15) is 0 Å². The summed E-state index contributed by atoms with van der Waals surface area (Å²) >= 11 is 0. The van der Waals surface area contributed by atoms with Crippen molar-refractivity contribution >= 4 is 23.4 Å². The molecule has 0 aliphatic rings. The number of anilines is 1. The van der Waals surface area contributed by atoms with E-state index in [1.54, 1.807) is 24.3 Å². The van der Waals surface area contributed by atoms with Crippen LogP contribution < -0.4 is 16.5 Å². The number of rotatable bonds is 6. The summed E-state index contributed by atoms with van der Waals surface area (Å²) in [6, 6.07) is 6.79. The number of carbonyl (C=O) groups is 3. The third kappa shape index (κ3) is 6.18. The van der Waals surface area contributed by atoms with Gasteiger partial charge in [-0.1, -0.05) is 12.1 Å². The van der Waals surface area contributed by atoms with Gasteiger partial charge in [-0.25, -0.2) is 5.48 Å². The largest absolute Gasteiger partial charge is 0.368 e. The Morgan fingerprint density at radius 1 is 1.21 bits per heavy atom. The first-order valence-corrected chi connectivity index (χ1v) is 5.53. The van der Waals surface area contributed by atoms with Crippen LogP contribution in [0.2, 0.25) is 0 Å². The summed E-state index contributed by atoms with van der Waals surface area (Å²) in [7, 11) is 0. The van der Waals surface area contributed by atoms with Crippen LogP contribution in [0, 0.1) is 0 Å². The zero-order chi connectivity index (χ0) is 14.3. The van der Waals surface area contributed by atoms with Crippen LogP contribution in [0.5, 0.6) is 0 Å². The Hall–Kier alpha value is -2.41. The molecule has 0 saturated heterocycles. The van der Waals surface area contributed by atoms with E-state index in [9.17, 15) is 14.4 Å². The van der Waals surface area contributed by atoms with Crippen molar-refractivity contribution in [2.45, 2.75) is 13.3 Å². The molecule has 1 aromatic carbocycles. The van der Waals surface area contributed by atoms with Crippen molar-refractivity contribution in [3.63, 3.8) is 0 Å². The molecule has 0 heterocycles. The molecule has 0 fully saturated rings. The third-order valence-corrected chi connectivity index (χ3v) is 2.04. The summed E-state index contributed by atoms with van der Waals surface area (Å²) in [5, 5.41) is 2.62. The Balaban J connectivity index is 2.42. The summed E-state index contributed by atoms with van der Waals surface area (Å²) in [6.45, 7) is 1.05. The number of carbonyl (C=O) groups excluding carboxylic acids is 3. The molecular formula is C12H15N3O4. The monoisotopic (exact) mass is 265 g/mol. The molecule has 0 atom stereocenters. The summed E-state index contributed by atoms with van der Waals surface area (Å²) in [6.07, 6.45) is 0.0963. The second-order valence-electron chi connectivity index (χ2n) is 3.84. The zero-order valence-electron chi connectivity index (χ0n) is 10.4. The second-order valence-corrected chi connectivity index (χ2v) is 3.84. The normalized spacial score (nSPS) is 9.74. The number of hydroxylamine groups is 1. The van der Waals surface area contributed by atoms with Crippen LogP contribution in [-0.4, -0.2) is 24.3 Å². The maximum Gasteiger partial charge on any atom is 0.247 e. The maximum absolute atomic E-state index is 11.4. The molecule has 0 aliphatic carbocycles. The van der Waals surface area contributed by atoms with Crippen molar-refractivity contribution < 1.29 is 19.2 Å². The third-order valence-electron chi connectivity index (χ3n) is 2.04. The Morgan fingerprint density at radius 2 is 1.84 bits per heavy atom. The molecule has 0 radical (unpaired) electrons. The van der Waals surface area contributed by atoms with E-state index in [1.165, 1.54) is 6.92 Å². The van der Waals surface area contributed by atoms with Crippen LogP contribution in [-0.2, 0) is 25.6 Å². The smallest absolute Gasteiger partial charge is 0.247 e. The highest BCUT2D eigenvalue weighted by atomic mass is 16.7. The average Bonchev–Trinajstić information content (AvgIpc) is 2.30. The Kier molecular flexibility index (Phi) is 5.49. The van der Waals surface area contributed by atoms with E-state index >= 15 is 0 Å². The lowest BCUT2D eigenvalue weighted by Crippen LogP contribution is -2.30. The minimum absolute atomic E-state index is 0.0963. The molecule has 0 bridgehead atoms. The van der Waals surface area contributed by atoms with E-state index in [2.05, 4.69) is 15.6 Å². The predicted molar refractivity (Wildman–Crippen MR) is 67.7 cm³/mol. The van der Waals surface area contributed by atoms with Gasteiger partial charge < -0.3 is 11.1 Å². The lowest BCUT2D eigenvalue weighted by Gasteiger charge is -2.06. The van der Waals surface area contributed by atoms with Gasteiger partial charge >= 0.3 is 0 Å². The SMILES string of the molecule is CC(=O)Nc1ccc(CC(=O)NOCC(N)=O)cc1. The van der Waals surface area contributed by atoms with Gasteiger partial charge in [0.25, 0.3) is 0 Å². The number of nitrogens with one attached hydrogen (secondary N) is 2. The number of nitrogens with two attached hydrogens (primary N) is 1. The molecule has 0 aromatic heterocycles. The quantitative estimate of drug-likeness (QED) is 0.614. The van der Waals surface area contributed by atoms with E-state index in [1.807, 2.05) is 0 Å². The fourth-order valence-electron chi connectivity index (χ4n) is 1.32. The van der Waals surface area contributed by atoms with Gasteiger partial charge in [-0.2, -0.15) is 0 Å². The van der Waals surface area contributed by atoms with Crippen LogP contribution in [0.25, 0.3) is 0 Å². The summed E-state index contributed by atoms with van der Waals surface area (Å²) in [5.41, 5.74) is 8.34. The Labute approximate surface area is 110 Å². The predicted octanol–water partition coefficient (Wildman–Crippen LogP) is -0.279. The van der Waals surface area contributed by atoms with Gasteiger partial charge in [0, 0.05) is 12.6 Å². The molecule has 4 N–H and O–H groups in total. The molecule has 1 aromatic rings. The molecule has 3 amide bonds. The Bertz CT molecular complexity index is 470. The van der Waals surface area contributed by atoms with Crippen LogP contribution in [0.15, 0.2) is 24.3 Å². The van der Waals surface area contributed by atoms with Gasteiger partial charge in [-0.05, 0) is 17.7 Å². The van der Waals surface area contributed by atoms with Crippen molar-refractivity contribution in [2.24, 2.45) is 5.73 Å². The van der Waals surface area contributed by atoms with E-state index < -0.39 is 11.8 Å². The van der Waals surface area contributed by atoms with E-state index in [0.717, 1.165) is 5.56 Å². The minimum atomic E-state index is -0.667. The lowest BCUT2D eigenvalue weighted by atomic mass is 10.1. The topological polar surface area (TPSA) is 111 Å². The molecule has 0 saturated carbocycles. The average molecular weight is 265 g/mol. The fraction of sp³-hybridized carbons (Fsp3) is 0.250. The van der Waals surface area contributed by atoms with Crippen molar-refractivity contribution in [3.8, 4) is 0 Å². The molecule has 0 unspecified atom stereocenters. The first-order chi connectivity index (χ1) is 8.97. The van der Waals surface area contributed by atoms with Crippen molar-refractivity contribution in [1.29, 1.82) is 0 Å². The first kappa shape index (κ1) is 14.7. The summed E-state index contributed by atoms with van der Waals surface area (Å²) < 4.78 is 0. The minimum Gasteiger partial charge on any atom is -0.368 e. The van der Waals surface area contributed by atoms with Crippen molar-refractivity contribution in [2.75, 3.05) is 11.9 Å². The maximum atomic E-state index is 11.4. The molecule has 0 spiro atoms. The van der Waals surface area contributed by atoms with Crippen LogP contribution >= 0.6 is 0 Å².